The minimum absolute atomic E-state index is 0.0440. The number of hydrogen-bond acceptors (Lipinski definition) is 5. The molecule has 0 bridgehead atoms. The second kappa shape index (κ2) is 5.41. The molecule has 90 valence electrons. The Balaban J connectivity index is 2.00. The van der Waals surface area contributed by atoms with Crippen molar-refractivity contribution >= 4 is 0 Å². The van der Waals surface area contributed by atoms with E-state index in [1.807, 2.05) is 0 Å². The average Bonchev–Trinajstić information content (AvgIpc) is 2.80. The quantitative estimate of drug-likeness (QED) is 0.811. The van der Waals surface area contributed by atoms with Crippen LogP contribution in [0.1, 0.15) is 62.2 Å². The van der Waals surface area contributed by atoms with Crippen molar-refractivity contribution in [2.45, 2.75) is 50.5 Å². The fourth-order valence-electron chi connectivity index (χ4n) is 2.19. The molecule has 1 aromatic heterocycles. The van der Waals surface area contributed by atoms with E-state index in [1.54, 1.807) is 0 Å². The highest BCUT2D eigenvalue weighted by molar-refractivity contribution is 4.99. The molecule has 1 atom stereocenters. The first-order valence-corrected chi connectivity index (χ1v) is 6.01. The predicted octanol–water partition coefficient (Wildman–Crippen LogP) is 1.50. The first kappa shape index (κ1) is 11.5. The molecule has 1 unspecified atom stereocenters. The van der Waals surface area contributed by atoms with Crippen molar-refractivity contribution < 1.29 is 9.63 Å². The molecule has 1 aliphatic rings. The monoisotopic (exact) mass is 225 g/mol. The van der Waals surface area contributed by atoms with Crippen LogP contribution in [0.25, 0.3) is 0 Å². The summed E-state index contributed by atoms with van der Waals surface area (Å²) in [5.41, 5.74) is 5.79. The number of aromatic nitrogens is 2. The van der Waals surface area contributed by atoms with E-state index >= 15 is 0 Å². The lowest BCUT2D eigenvalue weighted by molar-refractivity contribution is 0.258. The predicted molar refractivity (Wildman–Crippen MR) is 58.8 cm³/mol. The number of rotatable bonds is 4. The normalized spacial score (nSPS) is 19.9. The lowest BCUT2D eigenvalue weighted by atomic mass is 9.89. The molecule has 1 fully saturated rings. The lowest BCUT2D eigenvalue weighted by Crippen LogP contribution is -2.13. The molecule has 2 rings (SSSR count). The van der Waals surface area contributed by atoms with Crippen LogP contribution in [0.5, 0.6) is 0 Å². The summed E-state index contributed by atoms with van der Waals surface area (Å²) < 4.78 is 5.13. The van der Waals surface area contributed by atoms with Gasteiger partial charge in [-0.1, -0.05) is 24.4 Å². The number of aliphatic hydroxyl groups is 1. The van der Waals surface area contributed by atoms with E-state index in [4.69, 9.17) is 15.4 Å². The van der Waals surface area contributed by atoms with Gasteiger partial charge in [-0.05, 0) is 19.3 Å². The highest BCUT2D eigenvalue weighted by atomic mass is 16.5. The summed E-state index contributed by atoms with van der Waals surface area (Å²) >= 11 is 0. The summed E-state index contributed by atoms with van der Waals surface area (Å²) in [6.45, 7) is 0.0440. The molecule has 1 aliphatic carbocycles. The van der Waals surface area contributed by atoms with E-state index in [-0.39, 0.29) is 12.6 Å². The first-order chi connectivity index (χ1) is 7.81. The zero-order valence-electron chi connectivity index (χ0n) is 9.43. The van der Waals surface area contributed by atoms with Gasteiger partial charge in [0.15, 0.2) is 5.82 Å². The molecule has 0 aromatic carbocycles. The number of hydrogen-bond donors (Lipinski definition) is 2. The summed E-state index contributed by atoms with van der Waals surface area (Å²) in [5.74, 6) is 1.69. The van der Waals surface area contributed by atoms with Crippen LogP contribution in [-0.2, 0) is 0 Å². The van der Waals surface area contributed by atoms with Crippen molar-refractivity contribution in [2.24, 2.45) is 5.73 Å². The summed E-state index contributed by atoms with van der Waals surface area (Å²) in [5, 5.41) is 12.8. The van der Waals surface area contributed by atoms with Crippen molar-refractivity contribution in [2.75, 3.05) is 6.61 Å². The van der Waals surface area contributed by atoms with Crippen LogP contribution in [-0.4, -0.2) is 21.9 Å². The number of nitrogens with zero attached hydrogens (tertiary/aromatic N) is 2. The van der Waals surface area contributed by atoms with Crippen LogP contribution in [0.4, 0.5) is 0 Å². The molecule has 1 heterocycles. The summed E-state index contributed by atoms with van der Waals surface area (Å²) in [6.07, 6.45) is 6.56. The topological polar surface area (TPSA) is 85.2 Å². The maximum Gasteiger partial charge on any atom is 0.243 e. The van der Waals surface area contributed by atoms with Crippen LogP contribution in [0.15, 0.2) is 4.52 Å². The third kappa shape index (κ3) is 2.59. The van der Waals surface area contributed by atoms with Crippen molar-refractivity contribution in [3.63, 3.8) is 0 Å². The average molecular weight is 225 g/mol. The van der Waals surface area contributed by atoms with E-state index in [2.05, 4.69) is 10.1 Å². The highest BCUT2D eigenvalue weighted by Crippen LogP contribution is 2.31. The largest absolute Gasteiger partial charge is 0.396 e. The van der Waals surface area contributed by atoms with Crippen molar-refractivity contribution in [1.82, 2.24) is 10.1 Å². The number of nitrogens with two attached hydrogens (primary N) is 1. The zero-order chi connectivity index (χ0) is 11.4. The molecule has 0 spiro atoms. The van der Waals surface area contributed by atoms with E-state index in [0.29, 0.717) is 18.2 Å². The fourth-order valence-corrected chi connectivity index (χ4v) is 2.19. The molecular weight excluding hydrogens is 206 g/mol. The van der Waals surface area contributed by atoms with Crippen LogP contribution in [0.3, 0.4) is 0 Å². The second-order valence-corrected chi connectivity index (χ2v) is 4.44. The Morgan fingerprint density at radius 3 is 2.81 bits per heavy atom. The molecule has 1 aromatic rings. The van der Waals surface area contributed by atoms with Gasteiger partial charge in [-0.25, -0.2) is 0 Å². The highest BCUT2D eigenvalue weighted by Gasteiger charge is 2.22. The Hall–Kier alpha value is -0.940. The molecule has 0 amide bonds. The van der Waals surface area contributed by atoms with Gasteiger partial charge in [0.05, 0.1) is 6.04 Å². The zero-order valence-corrected chi connectivity index (χ0v) is 9.43. The molecule has 0 radical (unpaired) electrons. The maximum absolute atomic E-state index is 8.78. The second-order valence-electron chi connectivity index (χ2n) is 4.44. The minimum Gasteiger partial charge on any atom is -0.396 e. The Kier molecular flexibility index (Phi) is 3.90. The van der Waals surface area contributed by atoms with E-state index in [1.165, 1.54) is 19.3 Å². The standard InChI is InChI=1S/C11H19N3O2/c12-9(6-7-15)11-13-10(14-16-11)8-4-2-1-3-5-8/h8-9,15H,1-7,12H2. The Bertz CT molecular complexity index is 321. The van der Waals surface area contributed by atoms with Gasteiger partial charge in [-0.15, -0.1) is 0 Å². The maximum atomic E-state index is 8.78. The van der Waals surface area contributed by atoms with Gasteiger partial charge in [0.2, 0.25) is 5.89 Å². The van der Waals surface area contributed by atoms with Gasteiger partial charge >= 0.3 is 0 Å². The van der Waals surface area contributed by atoms with Gasteiger partial charge in [0.1, 0.15) is 0 Å². The van der Waals surface area contributed by atoms with Crippen LogP contribution < -0.4 is 5.73 Å². The minimum atomic E-state index is -0.338. The van der Waals surface area contributed by atoms with Crippen molar-refractivity contribution in [1.29, 1.82) is 0 Å². The van der Waals surface area contributed by atoms with E-state index in [0.717, 1.165) is 18.7 Å². The third-order valence-corrected chi connectivity index (χ3v) is 3.19. The third-order valence-electron chi connectivity index (χ3n) is 3.19. The van der Waals surface area contributed by atoms with E-state index in [9.17, 15) is 0 Å². The molecule has 0 saturated heterocycles. The summed E-state index contributed by atoms with van der Waals surface area (Å²) in [6, 6.07) is -0.338. The Labute approximate surface area is 95.0 Å². The lowest BCUT2D eigenvalue weighted by Gasteiger charge is -2.17. The molecule has 5 heteroatoms. The van der Waals surface area contributed by atoms with Gasteiger partial charge in [-0.3, -0.25) is 0 Å². The van der Waals surface area contributed by atoms with Gasteiger partial charge in [0, 0.05) is 12.5 Å². The van der Waals surface area contributed by atoms with Gasteiger partial charge < -0.3 is 15.4 Å². The van der Waals surface area contributed by atoms with Crippen LogP contribution >= 0.6 is 0 Å². The molecule has 3 N–H and O–H groups in total. The summed E-state index contributed by atoms with van der Waals surface area (Å²) in [4.78, 5) is 4.34. The van der Waals surface area contributed by atoms with Crippen molar-refractivity contribution in [3.05, 3.63) is 11.7 Å². The molecule has 5 nitrogen and oxygen atoms in total. The van der Waals surface area contributed by atoms with E-state index < -0.39 is 0 Å². The molecular formula is C11H19N3O2. The van der Waals surface area contributed by atoms with Crippen molar-refractivity contribution in [3.8, 4) is 0 Å². The molecule has 16 heavy (non-hydrogen) atoms. The summed E-state index contributed by atoms with van der Waals surface area (Å²) in [7, 11) is 0. The van der Waals surface area contributed by atoms with Gasteiger partial charge in [-0.2, -0.15) is 4.98 Å². The number of aliphatic hydroxyl groups excluding tert-OH is 1. The Morgan fingerprint density at radius 1 is 1.38 bits per heavy atom. The smallest absolute Gasteiger partial charge is 0.243 e. The fraction of sp³-hybridized carbons (Fsp3) is 0.818. The van der Waals surface area contributed by atoms with Gasteiger partial charge in [0.25, 0.3) is 0 Å². The Morgan fingerprint density at radius 2 is 2.12 bits per heavy atom. The van der Waals surface area contributed by atoms with Crippen LogP contribution in [0, 0.1) is 0 Å². The first-order valence-electron chi connectivity index (χ1n) is 6.01. The van der Waals surface area contributed by atoms with Crippen LogP contribution in [0.2, 0.25) is 0 Å². The molecule has 1 saturated carbocycles. The molecule has 0 aliphatic heterocycles. The SMILES string of the molecule is NC(CCO)c1nc(C2CCCCC2)no1.